The van der Waals surface area contributed by atoms with Gasteiger partial charge in [0.1, 0.15) is 0 Å². The predicted molar refractivity (Wildman–Crippen MR) is 91.2 cm³/mol. The average Bonchev–Trinajstić information content (AvgIpc) is 2.54. The van der Waals surface area contributed by atoms with Crippen molar-refractivity contribution in [3.05, 3.63) is 29.6 Å². The average molecular weight is 345 g/mol. The number of hydrogen-bond acceptors (Lipinski definition) is 3. The van der Waals surface area contributed by atoms with Gasteiger partial charge in [-0.25, -0.2) is 4.39 Å². The molecule has 1 fully saturated rings. The van der Waals surface area contributed by atoms with E-state index in [0.29, 0.717) is 19.5 Å². The van der Waals surface area contributed by atoms with Crippen LogP contribution in [0.3, 0.4) is 0 Å². The van der Waals surface area contributed by atoms with Gasteiger partial charge >= 0.3 is 0 Å². The number of benzene rings is 1. The highest BCUT2D eigenvalue weighted by Gasteiger charge is 2.32. The summed E-state index contributed by atoms with van der Waals surface area (Å²) in [6.07, 6.45) is 6.03. The van der Waals surface area contributed by atoms with E-state index in [1.807, 2.05) is 0 Å². The summed E-state index contributed by atoms with van der Waals surface area (Å²) in [4.78, 5) is 12.2. The van der Waals surface area contributed by atoms with E-state index >= 15 is 0 Å². The summed E-state index contributed by atoms with van der Waals surface area (Å²) in [5.41, 5.74) is 6.57. The Balaban J connectivity index is 0.00000264. The second-order valence-corrected chi connectivity index (χ2v) is 6.19. The number of nitrogens with one attached hydrogen (secondary N) is 1. The fraction of sp³-hybridized carbons (Fsp3) is 0.588. The van der Waals surface area contributed by atoms with Gasteiger partial charge in [-0.05, 0) is 42.5 Å². The third kappa shape index (κ3) is 5.36. The van der Waals surface area contributed by atoms with Crippen LogP contribution < -0.4 is 15.8 Å². The molecule has 0 heterocycles. The van der Waals surface area contributed by atoms with Crippen LogP contribution in [-0.2, 0) is 11.3 Å². The van der Waals surface area contributed by atoms with Crippen LogP contribution in [-0.4, -0.2) is 19.6 Å². The largest absolute Gasteiger partial charge is 0.494 e. The van der Waals surface area contributed by atoms with E-state index < -0.39 is 5.82 Å². The molecule has 1 saturated carbocycles. The van der Waals surface area contributed by atoms with Crippen LogP contribution in [0.4, 0.5) is 4.39 Å². The number of hydrogen-bond donors (Lipinski definition) is 2. The molecule has 0 aliphatic heterocycles. The molecule has 0 spiro atoms. The first kappa shape index (κ1) is 19.7. The molecule has 1 aromatic carbocycles. The Kier molecular flexibility index (Phi) is 7.79. The van der Waals surface area contributed by atoms with Crippen molar-refractivity contribution in [3.8, 4) is 5.75 Å². The Bertz CT molecular complexity index is 519. The highest BCUT2D eigenvalue weighted by atomic mass is 35.5. The Morgan fingerprint density at radius 1 is 1.35 bits per heavy atom. The Morgan fingerprint density at radius 2 is 2.04 bits per heavy atom. The second kappa shape index (κ2) is 9.08. The van der Waals surface area contributed by atoms with Crippen molar-refractivity contribution < 1.29 is 13.9 Å². The van der Waals surface area contributed by atoms with Crippen LogP contribution in [0.1, 0.15) is 44.1 Å². The molecule has 1 aromatic rings. The molecule has 0 atom stereocenters. The minimum atomic E-state index is -0.417. The van der Waals surface area contributed by atoms with Crippen molar-refractivity contribution in [2.24, 2.45) is 11.1 Å². The molecule has 0 aromatic heterocycles. The number of amides is 1. The molecule has 2 rings (SSSR count). The minimum Gasteiger partial charge on any atom is -0.494 e. The number of rotatable bonds is 6. The minimum absolute atomic E-state index is 0. The van der Waals surface area contributed by atoms with Crippen LogP contribution in [0, 0.1) is 11.2 Å². The van der Waals surface area contributed by atoms with Crippen LogP contribution in [0.2, 0.25) is 0 Å². The SMILES string of the molecule is COc1ccc(CNC(=O)CC2(CN)CCCCC2)cc1F.Cl. The molecule has 0 bridgehead atoms. The maximum Gasteiger partial charge on any atom is 0.220 e. The lowest BCUT2D eigenvalue weighted by molar-refractivity contribution is -0.124. The third-order valence-electron chi connectivity index (χ3n) is 4.59. The molecule has 0 unspecified atom stereocenters. The van der Waals surface area contributed by atoms with Gasteiger partial charge in [0, 0.05) is 13.0 Å². The van der Waals surface area contributed by atoms with Crippen LogP contribution >= 0.6 is 12.4 Å². The highest BCUT2D eigenvalue weighted by Crippen LogP contribution is 2.38. The monoisotopic (exact) mass is 344 g/mol. The van der Waals surface area contributed by atoms with Crippen molar-refractivity contribution >= 4 is 18.3 Å². The number of halogens is 2. The van der Waals surface area contributed by atoms with Crippen molar-refractivity contribution in [1.82, 2.24) is 5.32 Å². The van der Waals surface area contributed by atoms with Crippen LogP contribution in [0.15, 0.2) is 18.2 Å². The number of carbonyl (C=O) groups excluding carboxylic acids is 1. The predicted octanol–water partition coefficient (Wildman–Crippen LogP) is 3.17. The van der Waals surface area contributed by atoms with E-state index in [4.69, 9.17) is 10.5 Å². The summed E-state index contributed by atoms with van der Waals surface area (Å²) in [5.74, 6) is -0.220. The van der Waals surface area contributed by atoms with Crippen molar-refractivity contribution in [3.63, 3.8) is 0 Å². The Morgan fingerprint density at radius 3 is 2.61 bits per heavy atom. The summed E-state index contributed by atoms with van der Waals surface area (Å²) in [6.45, 7) is 0.873. The summed E-state index contributed by atoms with van der Waals surface area (Å²) in [5, 5.41) is 2.87. The Hall–Kier alpha value is -1.33. The molecular formula is C17H26ClFN2O2. The van der Waals surface area contributed by atoms with E-state index in [0.717, 1.165) is 31.2 Å². The molecule has 1 aliphatic rings. The van der Waals surface area contributed by atoms with Crippen molar-refractivity contribution in [2.75, 3.05) is 13.7 Å². The van der Waals surface area contributed by atoms with Gasteiger partial charge in [-0.2, -0.15) is 0 Å². The lowest BCUT2D eigenvalue weighted by atomic mass is 9.71. The topological polar surface area (TPSA) is 64.3 Å². The zero-order valence-corrected chi connectivity index (χ0v) is 14.4. The maximum absolute atomic E-state index is 13.6. The van der Waals surface area contributed by atoms with Gasteiger partial charge in [-0.3, -0.25) is 4.79 Å². The van der Waals surface area contributed by atoms with E-state index in [1.54, 1.807) is 12.1 Å². The van der Waals surface area contributed by atoms with Gasteiger partial charge in [0.25, 0.3) is 0 Å². The van der Waals surface area contributed by atoms with Crippen LogP contribution in [0.25, 0.3) is 0 Å². The molecule has 23 heavy (non-hydrogen) atoms. The summed E-state index contributed by atoms with van der Waals surface area (Å²) < 4.78 is 18.5. The van der Waals surface area contributed by atoms with E-state index in [1.165, 1.54) is 19.6 Å². The quantitative estimate of drug-likeness (QED) is 0.833. The van der Waals surface area contributed by atoms with Gasteiger partial charge in [-0.15, -0.1) is 12.4 Å². The number of methoxy groups -OCH3 is 1. The number of nitrogens with two attached hydrogens (primary N) is 1. The molecule has 1 amide bonds. The molecule has 6 heteroatoms. The zero-order chi connectivity index (χ0) is 16.0. The van der Waals surface area contributed by atoms with Gasteiger partial charge in [0.2, 0.25) is 5.91 Å². The maximum atomic E-state index is 13.6. The van der Waals surface area contributed by atoms with Gasteiger partial charge in [-0.1, -0.05) is 25.3 Å². The number of carbonyl (C=O) groups is 1. The summed E-state index contributed by atoms with van der Waals surface area (Å²) in [6, 6.07) is 4.71. The zero-order valence-electron chi connectivity index (χ0n) is 13.6. The lowest BCUT2D eigenvalue weighted by Crippen LogP contribution is -2.38. The molecule has 130 valence electrons. The van der Waals surface area contributed by atoms with Crippen LogP contribution in [0.5, 0.6) is 5.75 Å². The van der Waals surface area contributed by atoms with Gasteiger partial charge < -0.3 is 15.8 Å². The summed E-state index contributed by atoms with van der Waals surface area (Å²) in [7, 11) is 1.43. The first-order valence-corrected chi connectivity index (χ1v) is 7.88. The van der Waals surface area contributed by atoms with Gasteiger partial charge in [0.15, 0.2) is 11.6 Å². The molecule has 0 radical (unpaired) electrons. The molecule has 1 aliphatic carbocycles. The molecule has 3 N–H and O–H groups in total. The van der Waals surface area contributed by atoms with Gasteiger partial charge in [0.05, 0.1) is 7.11 Å². The van der Waals surface area contributed by atoms with Crippen molar-refractivity contribution in [1.29, 1.82) is 0 Å². The summed E-state index contributed by atoms with van der Waals surface area (Å²) >= 11 is 0. The number of ether oxygens (including phenoxy) is 1. The third-order valence-corrected chi connectivity index (χ3v) is 4.59. The molecule has 0 saturated heterocycles. The molecule has 4 nitrogen and oxygen atoms in total. The first-order chi connectivity index (χ1) is 10.6. The fourth-order valence-corrected chi connectivity index (χ4v) is 3.18. The fourth-order valence-electron chi connectivity index (χ4n) is 3.18. The second-order valence-electron chi connectivity index (χ2n) is 6.19. The highest BCUT2D eigenvalue weighted by molar-refractivity contribution is 5.85. The van der Waals surface area contributed by atoms with Crippen molar-refractivity contribution in [2.45, 2.75) is 45.1 Å². The van der Waals surface area contributed by atoms with E-state index in [-0.39, 0.29) is 29.5 Å². The smallest absolute Gasteiger partial charge is 0.220 e. The van der Waals surface area contributed by atoms with E-state index in [2.05, 4.69) is 5.32 Å². The van der Waals surface area contributed by atoms with E-state index in [9.17, 15) is 9.18 Å². The Labute approximate surface area is 143 Å². The first-order valence-electron chi connectivity index (χ1n) is 7.88. The normalized spacial score (nSPS) is 16.3. The standard InChI is InChI=1S/C17H25FN2O2.ClH/c1-22-15-6-5-13(9-14(15)18)11-20-16(21)10-17(12-19)7-3-2-4-8-17;/h5-6,9H,2-4,7-8,10-12,19H2,1H3,(H,20,21);1H. The lowest BCUT2D eigenvalue weighted by Gasteiger charge is -2.35. The molecular weight excluding hydrogens is 319 g/mol.